The molecule has 2 aromatic rings. The van der Waals surface area contributed by atoms with Gasteiger partial charge in [0, 0.05) is 48.6 Å². The van der Waals surface area contributed by atoms with E-state index in [9.17, 15) is 0 Å². The topological polar surface area (TPSA) is 9.23 Å². The van der Waals surface area contributed by atoms with Gasteiger partial charge >= 0.3 is 0 Å². The summed E-state index contributed by atoms with van der Waals surface area (Å²) < 4.78 is 12.0. The maximum absolute atomic E-state index is 7.03. The number of rotatable bonds is 8. The van der Waals surface area contributed by atoms with Crippen LogP contribution >= 0.6 is 159 Å². The second kappa shape index (κ2) is 12.6. The van der Waals surface area contributed by atoms with Crippen LogP contribution < -0.4 is 0 Å². The van der Waals surface area contributed by atoms with Gasteiger partial charge in [0.05, 0.1) is 8.65 Å². The monoisotopic (exact) mass is 1060 g/mol. The van der Waals surface area contributed by atoms with Crippen LogP contribution in [0.1, 0.15) is 37.2 Å². The average molecular weight is 1070 g/mol. The Balaban J connectivity index is 2.74. The quantitative estimate of drug-likeness (QED) is 0.239. The smallest absolute Gasteiger partial charge is 0.101 e. The Kier molecular flexibility index (Phi) is 12.4. The minimum absolute atomic E-state index is 0.313. The highest BCUT2D eigenvalue weighted by atomic mass is 79.9. The molecule has 0 saturated heterocycles. The second-order valence-electron chi connectivity index (χ2n) is 7.29. The number of hydrogen-bond acceptors (Lipinski definition) is 1. The minimum atomic E-state index is -0.395. The third-order valence-corrected chi connectivity index (χ3v) is 13.3. The van der Waals surface area contributed by atoms with E-state index < -0.39 is 8.65 Å². The molecule has 0 radical (unpaired) electrons. The second-order valence-corrected chi connectivity index (χ2v) is 17.3. The van der Waals surface area contributed by atoms with Crippen LogP contribution in [0.5, 0.6) is 0 Å². The normalized spacial score (nSPS) is 17.7. The SMILES string of the molecule is CC(Br)(CBr)C(OC(c1c(Br)cc(Br)cc1Br)C(C)(Br)CBr)c1c(Br)cc(Br)cc1Br. The Morgan fingerprint density at radius 2 is 0.903 bits per heavy atom. The van der Waals surface area contributed by atoms with Crippen LogP contribution in [-0.2, 0) is 4.74 Å². The first-order valence-corrected chi connectivity index (χ1v) is 17.3. The summed E-state index contributed by atoms with van der Waals surface area (Å²) in [5, 5.41) is 1.37. The Labute approximate surface area is 267 Å². The van der Waals surface area contributed by atoms with Crippen molar-refractivity contribution in [3.05, 3.63) is 62.2 Å². The Morgan fingerprint density at radius 1 is 0.645 bits per heavy atom. The summed E-state index contributed by atoms with van der Waals surface area (Å²) in [6.07, 6.45) is -0.626. The number of benzene rings is 2. The lowest BCUT2D eigenvalue weighted by molar-refractivity contribution is -0.0416. The van der Waals surface area contributed by atoms with E-state index in [1.165, 1.54) is 0 Å². The molecule has 0 aliphatic rings. The van der Waals surface area contributed by atoms with Crippen LogP contribution in [0.3, 0.4) is 0 Å². The maximum Gasteiger partial charge on any atom is 0.101 e. The van der Waals surface area contributed by atoms with Gasteiger partial charge in [0.1, 0.15) is 12.2 Å². The molecule has 1 nitrogen and oxygen atoms in total. The van der Waals surface area contributed by atoms with Gasteiger partial charge in [0.2, 0.25) is 0 Å². The van der Waals surface area contributed by atoms with Crippen molar-refractivity contribution in [2.45, 2.75) is 34.7 Å². The highest BCUT2D eigenvalue weighted by molar-refractivity contribution is 9.13. The molecule has 0 aliphatic carbocycles. The molecule has 0 fully saturated rings. The average Bonchev–Trinajstić information content (AvgIpc) is 2.64. The summed E-state index contributed by atoms with van der Waals surface area (Å²) in [6.45, 7) is 4.24. The number of ether oxygens (including phenoxy) is 1. The van der Waals surface area contributed by atoms with Gasteiger partial charge in [-0.05, 0) is 38.1 Å². The highest BCUT2D eigenvalue weighted by Crippen LogP contribution is 2.52. The molecule has 31 heavy (non-hydrogen) atoms. The zero-order valence-electron chi connectivity index (χ0n) is 16.1. The van der Waals surface area contributed by atoms with Gasteiger partial charge in [-0.25, -0.2) is 0 Å². The molecule has 0 amide bonds. The zero-order valence-corrected chi connectivity index (χ0v) is 31.9. The first-order valence-electron chi connectivity index (χ1n) is 8.69. The van der Waals surface area contributed by atoms with Crippen molar-refractivity contribution in [2.75, 3.05) is 10.7 Å². The summed E-state index contributed by atoms with van der Waals surface area (Å²) in [7, 11) is 0. The van der Waals surface area contributed by atoms with Crippen molar-refractivity contribution in [2.24, 2.45) is 0 Å². The van der Waals surface area contributed by atoms with E-state index >= 15 is 0 Å². The van der Waals surface area contributed by atoms with Gasteiger partial charge in [-0.15, -0.1) is 0 Å². The third-order valence-electron chi connectivity index (χ3n) is 4.50. The molecular weight excluding hydrogens is 1060 g/mol. The molecule has 0 heterocycles. The minimum Gasteiger partial charge on any atom is -0.362 e. The first-order chi connectivity index (χ1) is 14.2. The highest BCUT2D eigenvalue weighted by Gasteiger charge is 2.43. The molecule has 0 saturated carbocycles. The van der Waals surface area contributed by atoms with Crippen LogP contribution in [0.25, 0.3) is 0 Å². The van der Waals surface area contributed by atoms with Gasteiger partial charge in [0.25, 0.3) is 0 Å². The van der Waals surface area contributed by atoms with Crippen LogP contribution in [0, 0.1) is 0 Å². The molecule has 0 bridgehead atoms. The molecule has 172 valence electrons. The summed E-state index contributed by atoms with van der Waals surface area (Å²) in [6, 6.07) is 8.14. The maximum atomic E-state index is 7.03. The molecular formula is C20H16Br10O. The van der Waals surface area contributed by atoms with Crippen molar-refractivity contribution < 1.29 is 4.74 Å². The number of alkyl halides is 4. The lowest BCUT2D eigenvalue weighted by Crippen LogP contribution is -2.37. The summed E-state index contributed by atoms with van der Waals surface area (Å²) in [5.41, 5.74) is 2.04. The predicted molar refractivity (Wildman–Crippen MR) is 168 cm³/mol. The Bertz CT molecular complexity index is 822. The van der Waals surface area contributed by atoms with Gasteiger partial charge in [0.15, 0.2) is 0 Å². The van der Waals surface area contributed by atoms with E-state index in [0.717, 1.165) is 38.0 Å². The van der Waals surface area contributed by atoms with Gasteiger partial charge in [-0.3, -0.25) is 0 Å². The molecule has 11 heteroatoms. The van der Waals surface area contributed by atoms with Crippen LogP contribution in [0.4, 0.5) is 0 Å². The summed E-state index contributed by atoms with van der Waals surface area (Å²) in [5.74, 6) is 0. The lowest BCUT2D eigenvalue weighted by atomic mass is 9.94. The molecule has 2 aromatic carbocycles. The van der Waals surface area contributed by atoms with Crippen molar-refractivity contribution >= 4 is 159 Å². The zero-order chi connectivity index (χ0) is 23.7. The van der Waals surface area contributed by atoms with Crippen molar-refractivity contribution in [3.8, 4) is 0 Å². The number of hydrogen-bond donors (Lipinski definition) is 0. The van der Waals surface area contributed by atoms with Crippen LogP contribution in [0.15, 0.2) is 51.1 Å². The van der Waals surface area contributed by atoms with E-state index in [2.05, 4.69) is 173 Å². The molecule has 0 spiro atoms. The Hall–Kier alpha value is 3.20. The van der Waals surface area contributed by atoms with Crippen molar-refractivity contribution in [1.82, 2.24) is 0 Å². The lowest BCUT2D eigenvalue weighted by Gasteiger charge is -2.40. The van der Waals surface area contributed by atoms with E-state index in [-0.39, 0.29) is 12.2 Å². The third kappa shape index (κ3) is 7.60. The van der Waals surface area contributed by atoms with Gasteiger partial charge in [-0.2, -0.15) is 0 Å². The fourth-order valence-electron chi connectivity index (χ4n) is 2.91. The first kappa shape index (κ1) is 30.4. The fraction of sp³-hybridized carbons (Fsp3) is 0.400. The van der Waals surface area contributed by atoms with Crippen LogP contribution in [0.2, 0.25) is 0 Å². The van der Waals surface area contributed by atoms with E-state index in [1.807, 2.05) is 24.3 Å². The molecule has 0 N–H and O–H groups in total. The summed E-state index contributed by atoms with van der Waals surface area (Å²) >= 11 is 37.3. The van der Waals surface area contributed by atoms with Gasteiger partial charge < -0.3 is 4.74 Å². The molecule has 4 unspecified atom stereocenters. The molecule has 4 atom stereocenters. The predicted octanol–water partition coefficient (Wildman–Crippen LogP) is 12.2. The van der Waals surface area contributed by atoms with Gasteiger partial charge in [-0.1, -0.05) is 159 Å². The van der Waals surface area contributed by atoms with E-state index in [4.69, 9.17) is 4.74 Å². The number of halogens is 10. The van der Waals surface area contributed by atoms with Crippen molar-refractivity contribution in [1.29, 1.82) is 0 Å². The van der Waals surface area contributed by atoms with Crippen LogP contribution in [-0.4, -0.2) is 19.3 Å². The largest absolute Gasteiger partial charge is 0.362 e. The molecule has 0 aromatic heterocycles. The molecule has 0 aliphatic heterocycles. The molecule has 2 rings (SSSR count). The van der Waals surface area contributed by atoms with E-state index in [0.29, 0.717) is 10.7 Å². The summed E-state index contributed by atoms with van der Waals surface area (Å²) in [4.78, 5) is 0. The standard InChI is InChI=1S/C20H16Br10O/c1-19(29,7-21)17(15-11(25)3-9(23)4-12(15)26)31-18(20(2,30)8-22)16-13(27)5-10(24)6-14(16)28/h3-6,17-18H,7-8H2,1-2H3. The van der Waals surface area contributed by atoms with E-state index in [1.54, 1.807) is 0 Å². The van der Waals surface area contributed by atoms with Crippen molar-refractivity contribution in [3.63, 3.8) is 0 Å². The fourth-order valence-corrected chi connectivity index (χ4v) is 9.52. The Morgan fingerprint density at radius 3 is 1.13 bits per heavy atom.